The first-order valence-electron chi connectivity index (χ1n) is 2.38. The van der Waals surface area contributed by atoms with E-state index in [9.17, 15) is 0 Å². The summed E-state index contributed by atoms with van der Waals surface area (Å²) in [5, 5.41) is 0. The molecule has 7 heavy (non-hydrogen) atoms. The van der Waals surface area contributed by atoms with Gasteiger partial charge in [0.15, 0.2) is 0 Å². The van der Waals surface area contributed by atoms with Crippen LogP contribution < -0.4 is 0 Å². The third kappa shape index (κ3) is 3.76. The average Bonchev–Trinajstić information content (AvgIpc) is 1.68. The fourth-order valence-corrected chi connectivity index (χ4v) is 0.184. The lowest BCUT2D eigenvalue weighted by Gasteiger charge is -2.03. The molecule has 0 heterocycles. The van der Waals surface area contributed by atoms with E-state index >= 15 is 0 Å². The maximum atomic E-state index is 4.58. The first-order chi connectivity index (χ1) is 3.31. The summed E-state index contributed by atoms with van der Waals surface area (Å²) in [6, 6.07) is 0. The molecule has 0 aromatic heterocycles. The van der Waals surface area contributed by atoms with Crippen molar-refractivity contribution in [1.29, 1.82) is 0 Å². The van der Waals surface area contributed by atoms with Gasteiger partial charge < -0.3 is 0 Å². The molecule has 1 unspecified atom stereocenters. The fraction of sp³-hybridized carbons (Fsp3) is 0.800. The predicted molar refractivity (Wildman–Crippen MR) is 27.3 cm³/mol. The maximum Gasteiger partial charge on any atom is 0.109 e. The lowest BCUT2D eigenvalue weighted by atomic mass is 10.3. The molecule has 0 N–H and O–H groups in total. The number of hydrogen-bond donors (Lipinski definition) is 0. The van der Waals surface area contributed by atoms with Crippen LogP contribution in [-0.2, 0) is 9.78 Å². The molecule has 0 bridgehead atoms. The summed E-state index contributed by atoms with van der Waals surface area (Å²) in [6.07, 6.45) is 1.12. The van der Waals surface area contributed by atoms with Gasteiger partial charge in [0, 0.05) is 0 Å². The van der Waals surface area contributed by atoms with Gasteiger partial charge in [0.05, 0.1) is 6.10 Å². The van der Waals surface area contributed by atoms with E-state index in [4.69, 9.17) is 0 Å². The second-order valence-corrected chi connectivity index (χ2v) is 1.43. The van der Waals surface area contributed by atoms with E-state index in [-0.39, 0.29) is 6.10 Å². The van der Waals surface area contributed by atoms with Gasteiger partial charge in [0.1, 0.15) is 7.11 Å². The maximum absolute atomic E-state index is 4.58. The molecule has 0 fully saturated rings. The number of rotatable bonds is 3. The Bertz CT molecular complexity index is 37.1. The van der Waals surface area contributed by atoms with Crippen LogP contribution in [-0.4, -0.2) is 6.10 Å². The highest BCUT2D eigenvalue weighted by Crippen LogP contribution is 1.93. The zero-order valence-electron chi connectivity index (χ0n) is 4.81. The Morgan fingerprint density at radius 2 is 2.29 bits per heavy atom. The molecular weight excluding hydrogens is 92.1 g/mol. The van der Waals surface area contributed by atoms with E-state index in [1.54, 1.807) is 0 Å². The van der Waals surface area contributed by atoms with Crippen molar-refractivity contribution >= 4 is 0 Å². The largest absolute Gasteiger partial charge is 0.234 e. The van der Waals surface area contributed by atoms with Crippen molar-refractivity contribution in [1.82, 2.24) is 0 Å². The third-order valence-corrected chi connectivity index (χ3v) is 0.807. The summed E-state index contributed by atoms with van der Waals surface area (Å²) in [5.74, 6) is 0. The van der Waals surface area contributed by atoms with Crippen LogP contribution in [0.2, 0.25) is 0 Å². The van der Waals surface area contributed by atoms with Gasteiger partial charge in [0.2, 0.25) is 0 Å². The summed E-state index contributed by atoms with van der Waals surface area (Å²) in [6.45, 7) is 3.94. The van der Waals surface area contributed by atoms with Crippen molar-refractivity contribution in [3.63, 3.8) is 0 Å². The Morgan fingerprint density at radius 1 is 1.71 bits per heavy atom. The van der Waals surface area contributed by atoms with E-state index in [1.807, 2.05) is 13.8 Å². The van der Waals surface area contributed by atoms with Gasteiger partial charge in [-0.05, 0) is 13.3 Å². The van der Waals surface area contributed by atoms with Gasteiger partial charge in [-0.3, -0.25) is 0 Å². The van der Waals surface area contributed by atoms with Gasteiger partial charge in [-0.2, -0.15) is 0 Å². The highest BCUT2D eigenvalue weighted by atomic mass is 17.2. The minimum atomic E-state index is 0.164. The highest BCUT2D eigenvalue weighted by molar-refractivity contribution is 4.37. The van der Waals surface area contributed by atoms with Crippen molar-refractivity contribution in [2.75, 3.05) is 0 Å². The standard InChI is InChI=1S/C5H11O2/c1-4-5(2)7-6-3/h5H,3-4H2,1-2H3. The Hall–Kier alpha value is -0.0800. The van der Waals surface area contributed by atoms with Crippen LogP contribution >= 0.6 is 0 Å². The Morgan fingerprint density at radius 3 is 2.43 bits per heavy atom. The molecule has 0 aromatic carbocycles. The first-order valence-corrected chi connectivity index (χ1v) is 2.38. The molecule has 0 spiro atoms. The average molecular weight is 103 g/mol. The molecule has 0 saturated heterocycles. The fourth-order valence-electron chi connectivity index (χ4n) is 0.184. The van der Waals surface area contributed by atoms with Gasteiger partial charge in [-0.1, -0.05) is 6.92 Å². The molecule has 0 aliphatic heterocycles. The Balaban J connectivity index is 2.83. The second kappa shape index (κ2) is 4.09. The molecular formula is C5H11O2. The minimum absolute atomic E-state index is 0.164. The third-order valence-electron chi connectivity index (χ3n) is 0.807. The molecule has 0 amide bonds. The van der Waals surface area contributed by atoms with Crippen LogP contribution in [0.5, 0.6) is 0 Å². The number of hydrogen-bond acceptors (Lipinski definition) is 2. The van der Waals surface area contributed by atoms with Crippen molar-refractivity contribution in [3.8, 4) is 0 Å². The lowest BCUT2D eigenvalue weighted by Crippen LogP contribution is -2.03. The van der Waals surface area contributed by atoms with E-state index in [0.717, 1.165) is 6.42 Å². The second-order valence-electron chi connectivity index (χ2n) is 1.43. The summed E-state index contributed by atoms with van der Waals surface area (Å²) < 4.78 is 0. The first kappa shape index (κ1) is 6.92. The van der Waals surface area contributed by atoms with Gasteiger partial charge in [-0.15, -0.1) is 0 Å². The molecule has 2 nitrogen and oxygen atoms in total. The smallest absolute Gasteiger partial charge is 0.109 e. The molecule has 0 aromatic rings. The zero-order chi connectivity index (χ0) is 5.70. The SMILES string of the molecule is [CH2]OOC(C)CC. The van der Waals surface area contributed by atoms with Gasteiger partial charge in [-0.25, -0.2) is 9.78 Å². The van der Waals surface area contributed by atoms with Crippen molar-refractivity contribution in [2.24, 2.45) is 0 Å². The van der Waals surface area contributed by atoms with Crippen molar-refractivity contribution in [3.05, 3.63) is 7.11 Å². The van der Waals surface area contributed by atoms with Crippen molar-refractivity contribution < 1.29 is 9.78 Å². The quantitative estimate of drug-likeness (QED) is 0.398. The topological polar surface area (TPSA) is 18.5 Å². The van der Waals surface area contributed by atoms with E-state index in [1.165, 1.54) is 0 Å². The molecule has 0 rings (SSSR count). The summed E-state index contributed by atoms with van der Waals surface area (Å²) in [5.41, 5.74) is 0. The van der Waals surface area contributed by atoms with Crippen LogP contribution in [0.15, 0.2) is 0 Å². The van der Waals surface area contributed by atoms with E-state index in [2.05, 4.69) is 16.9 Å². The van der Waals surface area contributed by atoms with E-state index < -0.39 is 0 Å². The minimum Gasteiger partial charge on any atom is -0.234 e. The monoisotopic (exact) mass is 103 g/mol. The normalized spacial score (nSPS) is 14.1. The van der Waals surface area contributed by atoms with E-state index in [0.29, 0.717) is 0 Å². The summed E-state index contributed by atoms with van der Waals surface area (Å²) >= 11 is 0. The summed E-state index contributed by atoms with van der Waals surface area (Å²) in [7, 11) is 3.05. The molecule has 1 atom stereocenters. The molecule has 0 saturated carbocycles. The van der Waals surface area contributed by atoms with Crippen LogP contribution in [0.1, 0.15) is 20.3 Å². The Kier molecular flexibility index (Phi) is 4.04. The molecule has 2 heteroatoms. The molecule has 1 radical (unpaired) electrons. The molecule has 0 aliphatic carbocycles. The van der Waals surface area contributed by atoms with Crippen molar-refractivity contribution in [2.45, 2.75) is 26.4 Å². The Labute approximate surface area is 44.4 Å². The lowest BCUT2D eigenvalue weighted by molar-refractivity contribution is -0.282. The van der Waals surface area contributed by atoms with Crippen LogP contribution in [0, 0.1) is 7.11 Å². The van der Waals surface area contributed by atoms with Gasteiger partial charge in [0.25, 0.3) is 0 Å². The predicted octanol–water partition coefficient (Wildman–Crippen LogP) is 1.52. The molecule has 0 aliphatic rings. The van der Waals surface area contributed by atoms with Gasteiger partial charge >= 0.3 is 0 Å². The van der Waals surface area contributed by atoms with Crippen LogP contribution in [0.3, 0.4) is 0 Å². The van der Waals surface area contributed by atoms with Crippen LogP contribution in [0.4, 0.5) is 0 Å². The van der Waals surface area contributed by atoms with Crippen LogP contribution in [0.25, 0.3) is 0 Å². The highest BCUT2D eigenvalue weighted by Gasteiger charge is 1.93. The molecule has 43 valence electrons. The summed E-state index contributed by atoms with van der Waals surface area (Å²) in [4.78, 5) is 8.72. The zero-order valence-corrected chi connectivity index (χ0v) is 4.81.